The summed E-state index contributed by atoms with van der Waals surface area (Å²) in [5.74, 6) is 4.40. The maximum atomic E-state index is 10.6. The zero-order valence-electron chi connectivity index (χ0n) is 25.6. The average molecular weight is 595 g/mol. The Balaban J connectivity index is 1.45. The molecule has 4 heterocycles. The third kappa shape index (κ3) is 5.08. The lowest BCUT2D eigenvalue weighted by Gasteiger charge is -2.37. The summed E-state index contributed by atoms with van der Waals surface area (Å²) in [6, 6.07) is 20.0. The van der Waals surface area contributed by atoms with E-state index in [1.165, 1.54) is 11.1 Å². The van der Waals surface area contributed by atoms with E-state index in [4.69, 9.17) is 23.7 Å². The zero-order valence-corrected chi connectivity index (χ0v) is 25.6. The van der Waals surface area contributed by atoms with E-state index in [-0.39, 0.29) is 17.8 Å². The number of ether oxygens (including phenoxy) is 5. The molecule has 0 amide bonds. The van der Waals surface area contributed by atoms with Crippen LogP contribution in [0.2, 0.25) is 0 Å². The van der Waals surface area contributed by atoms with Crippen LogP contribution in [0.1, 0.15) is 45.5 Å². The summed E-state index contributed by atoms with van der Waals surface area (Å²) in [4.78, 5) is 2.37. The Hall–Kier alpha value is -4.40. The largest absolute Gasteiger partial charge is 0.504 e. The fraction of sp³-hybridized carbons (Fsp3) is 0.333. The fourth-order valence-corrected chi connectivity index (χ4v) is 6.86. The van der Waals surface area contributed by atoms with Gasteiger partial charge in [-0.05, 0) is 110 Å². The standard InChI is InChI=1S/C36H38N2O6/c1-38-14-12-24-19-33(41-3)35(42-4)36-34(24)28(38)16-21-5-8-25(9-6-21)43-30-17-22(7-10-29(30)39)15-27-26-20-32(44-36)31(40-2)18-23(26)11-13-37-27/h5-10,17-20,27-28,37,39H,11-16H2,1-4H3. The highest BCUT2D eigenvalue weighted by molar-refractivity contribution is 5.63. The highest BCUT2D eigenvalue weighted by atomic mass is 16.5. The Morgan fingerprint density at radius 3 is 2.34 bits per heavy atom. The van der Waals surface area contributed by atoms with Gasteiger partial charge >= 0.3 is 0 Å². The summed E-state index contributed by atoms with van der Waals surface area (Å²) in [6.45, 7) is 1.75. The first-order chi connectivity index (χ1) is 21.4. The molecule has 2 N–H and O–H groups in total. The van der Waals surface area contributed by atoms with Gasteiger partial charge in [0.25, 0.3) is 0 Å². The van der Waals surface area contributed by atoms with E-state index in [0.29, 0.717) is 46.7 Å². The van der Waals surface area contributed by atoms with E-state index in [2.05, 4.69) is 47.6 Å². The molecule has 0 radical (unpaired) electrons. The number of aromatic hydroxyl groups is 1. The van der Waals surface area contributed by atoms with E-state index in [9.17, 15) is 5.11 Å². The summed E-state index contributed by atoms with van der Waals surface area (Å²) < 4.78 is 30.9. The molecule has 0 saturated carbocycles. The highest BCUT2D eigenvalue weighted by Gasteiger charge is 2.34. The van der Waals surface area contributed by atoms with Crippen LogP contribution in [0, 0.1) is 0 Å². The number of nitrogens with one attached hydrogen (secondary N) is 1. The van der Waals surface area contributed by atoms with Crippen molar-refractivity contribution in [2.45, 2.75) is 37.8 Å². The monoisotopic (exact) mass is 594 g/mol. The van der Waals surface area contributed by atoms with Gasteiger partial charge in [-0.3, -0.25) is 4.90 Å². The van der Waals surface area contributed by atoms with Crippen LogP contribution in [0.4, 0.5) is 0 Å². The molecular weight excluding hydrogens is 556 g/mol. The molecule has 0 spiro atoms. The van der Waals surface area contributed by atoms with Crippen molar-refractivity contribution in [1.82, 2.24) is 10.2 Å². The first-order valence-corrected chi connectivity index (χ1v) is 15.1. The lowest BCUT2D eigenvalue weighted by molar-refractivity contribution is 0.221. The van der Waals surface area contributed by atoms with Crippen LogP contribution >= 0.6 is 0 Å². The fourth-order valence-electron chi connectivity index (χ4n) is 6.86. The smallest absolute Gasteiger partial charge is 0.204 e. The third-order valence-electron chi connectivity index (χ3n) is 9.19. The Labute approximate surface area is 258 Å². The van der Waals surface area contributed by atoms with Gasteiger partial charge in [-0.25, -0.2) is 0 Å². The van der Waals surface area contributed by atoms with Gasteiger partial charge in [0.1, 0.15) is 5.75 Å². The molecule has 8 rings (SSSR count). The Bertz CT molecular complexity index is 1700. The van der Waals surface area contributed by atoms with Gasteiger partial charge in [0.15, 0.2) is 34.5 Å². The number of likely N-dealkylation sites (N-methyl/N-ethyl adjacent to an activating group) is 1. The number of phenols is 1. The summed E-state index contributed by atoms with van der Waals surface area (Å²) in [7, 11) is 7.16. The molecule has 4 aromatic rings. The lowest BCUT2D eigenvalue weighted by atomic mass is 9.87. The molecule has 0 aliphatic carbocycles. The number of nitrogens with zero attached hydrogens (tertiary/aromatic N) is 1. The lowest BCUT2D eigenvalue weighted by Crippen LogP contribution is -2.34. The molecule has 4 aliphatic heterocycles. The van der Waals surface area contributed by atoms with E-state index in [1.807, 2.05) is 24.3 Å². The van der Waals surface area contributed by atoms with Crippen LogP contribution < -0.4 is 29.0 Å². The van der Waals surface area contributed by atoms with Gasteiger partial charge < -0.3 is 34.1 Å². The van der Waals surface area contributed by atoms with Crippen molar-refractivity contribution in [2.75, 3.05) is 41.5 Å². The SMILES string of the molecule is COc1cc2c3cc1Oc1c(OC)c(OC)cc4c1C(Cc1ccc(cc1)Oc1cc(ccc1O)CC3NCC2)N(C)CC4. The number of benzene rings is 4. The van der Waals surface area contributed by atoms with Crippen molar-refractivity contribution < 1.29 is 28.8 Å². The predicted octanol–water partition coefficient (Wildman–Crippen LogP) is 6.52. The Kier molecular flexibility index (Phi) is 7.48. The van der Waals surface area contributed by atoms with Crippen LogP contribution in [0.15, 0.2) is 60.7 Å². The maximum absolute atomic E-state index is 10.6. The van der Waals surface area contributed by atoms with Crippen LogP contribution in [0.5, 0.6) is 46.0 Å². The molecule has 2 unspecified atom stereocenters. The van der Waals surface area contributed by atoms with Crippen LogP contribution in [0.3, 0.4) is 0 Å². The van der Waals surface area contributed by atoms with Gasteiger partial charge in [0, 0.05) is 24.2 Å². The minimum Gasteiger partial charge on any atom is -0.504 e. The van der Waals surface area contributed by atoms with Crippen molar-refractivity contribution in [1.29, 1.82) is 0 Å². The van der Waals surface area contributed by atoms with Crippen molar-refractivity contribution in [2.24, 2.45) is 0 Å². The van der Waals surface area contributed by atoms with Crippen molar-refractivity contribution in [3.63, 3.8) is 0 Å². The molecule has 4 aromatic carbocycles. The number of methoxy groups -OCH3 is 3. The van der Waals surface area contributed by atoms with Gasteiger partial charge in [-0.1, -0.05) is 18.2 Å². The van der Waals surface area contributed by atoms with E-state index in [1.54, 1.807) is 27.4 Å². The molecular formula is C36H38N2O6. The summed E-state index contributed by atoms with van der Waals surface area (Å²) in [5.41, 5.74) is 6.85. The van der Waals surface area contributed by atoms with E-state index < -0.39 is 0 Å². The third-order valence-corrected chi connectivity index (χ3v) is 9.19. The van der Waals surface area contributed by atoms with Gasteiger partial charge in [0.05, 0.1) is 21.3 Å². The normalized spacial score (nSPS) is 19.1. The molecule has 0 saturated heterocycles. The van der Waals surface area contributed by atoms with Gasteiger partial charge in [-0.15, -0.1) is 0 Å². The molecule has 4 aliphatic rings. The Morgan fingerprint density at radius 1 is 0.795 bits per heavy atom. The summed E-state index contributed by atoms with van der Waals surface area (Å²) >= 11 is 0. The number of rotatable bonds is 3. The second-order valence-electron chi connectivity index (χ2n) is 11.8. The number of hydrogen-bond acceptors (Lipinski definition) is 8. The molecule has 2 atom stereocenters. The average Bonchev–Trinajstić information content (AvgIpc) is 3.04. The maximum Gasteiger partial charge on any atom is 0.204 e. The molecule has 228 valence electrons. The van der Waals surface area contributed by atoms with Crippen LogP contribution in [-0.4, -0.2) is 51.5 Å². The summed E-state index contributed by atoms with van der Waals surface area (Å²) in [6.07, 6.45) is 3.20. The first-order valence-electron chi connectivity index (χ1n) is 15.1. The molecule has 0 aromatic heterocycles. The van der Waals surface area contributed by atoms with E-state index in [0.717, 1.165) is 54.6 Å². The first kappa shape index (κ1) is 28.4. The molecule has 8 heteroatoms. The Morgan fingerprint density at radius 2 is 1.57 bits per heavy atom. The number of fused-ring (bicyclic) bond motifs is 2. The topological polar surface area (TPSA) is 81.7 Å². The zero-order chi connectivity index (χ0) is 30.4. The molecule has 0 fully saturated rings. The number of hydrogen-bond donors (Lipinski definition) is 2. The van der Waals surface area contributed by atoms with E-state index >= 15 is 0 Å². The quantitative estimate of drug-likeness (QED) is 0.278. The van der Waals surface area contributed by atoms with Crippen LogP contribution in [-0.2, 0) is 25.7 Å². The molecule has 6 bridgehead atoms. The van der Waals surface area contributed by atoms with Crippen molar-refractivity contribution in [3.8, 4) is 46.0 Å². The van der Waals surface area contributed by atoms with Gasteiger partial charge in [-0.2, -0.15) is 0 Å². The predicted molar refractivity (Wildman–Crippen MR) is 168 cm³/mol. The van der Waals surface area contributed by atoms with Crippen molar-refractivity contribution in [3.05, 3.63) is 94.0 Å². The molecule has 44 heavy (non-hydrogen) atoms. The van der Waals surface area contributed by atoms with Crippen molar-refractivity contribution >= 4 is 0 Å². The molecule has 8 nitrogen and oxygen atoms in total. The highest BCUT2D eigenvalue weighted by Crippen LogP contribution is 2.51. The second kappa shape index (κ2) is 11.6. The van der Waals surface area contributed by atoms with Gasteiger partial charge in [0.2, 0.25) is 5.75 Å². The number of phenolic OH excluding ortho intramolecular Hbond substituents is 1. The minimum absolute atomic E-state index is 0.0259. The van der Waals surface area contributed by atoms with Crippen LogP contribution in [0.25, 0.3) is 0 Å². The summed E-state index contributed by atoms with van der Waals surface area (Å²) in [5, 5.41) is 14.3. The second-order valence-corrected chi connectivity index (χ2v) is 11.8. The minimum atomic E-state index is 0.0259.